The lowest BCUT2D eigenvalue weighted by Gasteiger charge is -2.07. The number of aryl methyl sites for hydroxylation is 1. The highest BCUT2D eigenvalue weighted by molar-refractivity contribution is 7.22. The number of anilines is 1. The van der Waals surface area contributed by atoms with Crippen LogP contribution in [-0.4, -0.2) is 15.9 Å². The normalized spacial score (nSPS) is 11.2. The van der Waals surface area contributed by atoms with Crippen LogP contribution in [0.1, 0.15) is 16.1 Å². The van der Waals surface area contributed by atoms with Gasteiger partial charge in [0.2, 0.25) is 0 Å². The van der Waals surface area contributed by atoms with Crippen molar-refractivity contribution in [2.75, 3.05) is 5.32 Å². The number of carbonyl (C=O) groups is 1. The summed E-state index contributed by atoms with van der Waals surface area (Å²) in [5.41, 5.74) is 2.10. The largest absolute Gasteiger partial charge is 0.298 e. The summed E-state index contributed by atoms with van der Waals surface area (Å²) in [5, 5.41) is 3.48. The molecule has 1 N–H and O–H groups in total. The molecule has 0 saturated heterocycles. The molecule has 0 bridgehead atoms. The first-order chi connectivity index (χ1) is 12.0. The van der Waals surface area contributed by atoms with Gasteiger partial charge < -0.3 is 0 Å². The second kappa shape index (κ2) is 5.86. The van der Waals surface area contributed by atoms with E-state index in [9.17, 15) is 13.6 Å². The van der Waals surface area contributed by atoms with Crippen LogP contribution in [0.15, 0.2) is 42.5 Å². The average Bonchev–Trinajstić information content (AvgIpc) is 2.95. The van der Waals surface area contributed by atoms with Crippen LogP contribution in [0.25, 0.3) is 21.1 Å². The molecule has 4 aromatic rings. The Balaban J connectivity index is 1.75. The number of hydrogen-bond acceptors (Lipinski definition) is 4. The Morgan fingerprint density at radius 1 is 1.00 bits per heavy atom. The summed E-state index contributed by atoms with van der Waals surface area (Å²) in [6.45, 7) is 1.76. The Morgan fingerprint density at radius 2 is 1.72 bits per heavy atom. The van der Waals surface area contributed by atoms with Crippen LogP contribution in [-0.2, 0) is 0 Å². The van der Waals surface area contributed by atoms with E-state index in [0.29, 0.717) is 37.5 Å². The van der Waals surface area contributed by atoms with Crippen LogP contribution in [0, 0.1) is 18.6 Å². The van der Waals surface area contributed by atoms with Gasteiger partial charge in [-0.2, -0.15) is 0 Å². The number of aromatic nitrogens is 2. The lowest BCUT2D eigenvalue weighted by Crippen LogP contribution is -2.13. The van der Waals surface area contributed by atoms with Crippen molar-refractivity contribution in [2.45, 2.75) is 6.92 Å². The van der Waals surface area contributed by atoms with E-state index in [0.717, 1.165) is 0 Å². The number of carbonyl (C=O) groups excluding carboxylic acids is 1. The van der Waals surface area contributed by atoms with Crippen molar-refractivity contribution in [1.82, 2.24) is 9.97 Å². The molecular weight excluding hydrogens is 344 g/mol. The first-order valence-electron chi connectivity index (χ1n) is 7.44. The molecule has 0 unspecified atom stereocenters. The van der Waals surface area contributed by atoms with Gasteiger partial charge in [-0.15, -0.1) is 0 Å². The van der Waals surface area contributed by atoms with Crippen molar-refractivity contribution < 1.29 is 13.6 Å². The molecule has 0 aliphatic carbocycles. The Labute approximate surface area is 145 Å². The zero-order chi connectivity index (χ0) is 17.6. The van der Waals surface area contributed by atoms with E-state index in [1.54, 1.807) is 19.1 Å². The van der Waals surface area contributed by atoms with Crippen LogP contribution in [0.2, 0.25) is 0 Å². The number of benzene rings is 2. The highest BCUT2D eigenvalue weighted by atomic mass is 32.1. The summed E-state index contributed by atoms with van der Waals surface area (Å²) in [5.74, 6) is -1.22. The fraction of sp³-hybridized carbons (Fsp3) is 0.0556. The third-order valence-corrected chi connectivity index (χ3v) is 4.65. The number of rotatable bonds is 2. The molecule has 1 amide bonds. The van der Waals surface area contributed by atoms with Crippen molar-refractivity contribution in [2.24, 2.45) is 0 Å². The molecule has 2 heterocycles. The third kappa shape index (κ3) is 2.94. The van der Waals surface area contributed by atoms with Gasteiger partial charge in [0.05, 0.1) is 21.3 Å². The van der Waals surface area contributed by atoms with Crippen LogP contribution in [0.3, 0.4) is 0 Å². The second-order valence-electron chi connectivity index (χ2n) is 5.56. The van der Waals surface area contributed by atoms with E-state index < -0.39 is 11.7 Å². The van der Waals surface area contributed by atoms with Gasteiger partial charge in [0.25, 0.3) is 5.91 Å². The average molecular weight is 355 g/mol. The highest BCUT2D eigenvalue weighted by Crippen LogP contribution is 2.28. The number of fused-ring (bicyclic) bond motifs is 2. The zero-order valence-electron chi connectivity index (χ0n) is 13.0. The molecular formula is C18H11F2N3OS. The first-order valence-corrected chi connectivity index (χ1v) is 8.25. The molecule has 4 nitrogen and oxygen atoms in total. The minimum Gasteiger partial charge on any atom is -0.298 e. The molecule has 2 aromatic heterocycles. The van der Waals surface area contributed by atoms with E-state index in [1.165, 1.54) is 41.7 Å². The van der Waals surface area contributed by atoms with Crippen LogP contribution in [0.5, 0.6) is 0 Å². The van der Waals surface area contributed by atoms with E-state index in [4.69, 9.17) is 0 Å². The molecule has 2 aromatic carbocycles. The highest BCUT2D eigenvalue weighted by Gasteiger charge is 2.15. The maximum atomic E-state index is 13.6. The van der Waals surface area contributed by atoms with Crippen molar-refractivity contribution in [3.63, 3.8) is 0 Å². The van der Waals surface area contributed by atoms with Gasteiger partial charge in [-0.25, -0.2) is 13.8 Å². The number of nitrogens with zero attached hydrogens (tertiary/aromatic N) is 2. The van der Waals surface area contributed by atoms with Gasteiger partial charge >= 0.3 is 0 Å². The molecule has 0 atom stereocenters. The van der Waals surface area contributed by atoms with Crippen molar-refractivity contribution in [3.8, 4) is 0 Å². The lowest BCUT2D eigenvalue weighted by atomic mass is 10.1. The SMILES string of the molecule is Cc1cc(C(=O)Nc2nc3ccc(F)cc3s2)c2cc(F)ccc2n1. The van der Waals surface area contributed by atoms with Crippen molar-refractivity contribution >= 4 is 43.5 Å². The monoisotopic (exact) mass is 355 g/mol. The molecule has 4 rings (SSSR count). The molecule has 124 valence electrons. The van der Waals surface area contributed by atoms with E-state index in [1.807, 2.05) is 0 Å². The van der Waals surface area contributed by atoms with E-state index in [2.05, 4.69) is 15.3 Å². The summed E-state index contributed by atoms with van der Waals surface area (Å²) in [6, 6.07) is 9.96. The summed E-state index contributed by atoms with van der Waals surface area (Å²) in [4.78, 5) is 21.2. The second-order valence-corrected chi connectivity index (χ2v) is 6.59. The molecule has 7 heteroatoms. The topological polar surface area (TPSA) is 54.9 Å². The smallest absolute Gasteiger partial charge is 0.258 e. The molecule has 0 fully saturated rings. The summed E-state index contributed by atoms with van der Waals surface area (Å²) >= 11 is 1.17. The minimum atomic E-state index is -0.442. The quantitative estimate of drug-likeness (QED) is 0.568. The fourth-order valence-corrected chi connectivity index (χ4v) is 3.52. The van der Waals surface area contributed by atoms with Crippen LogP contribution < -0.4 is 5.32 Å². The molecule has 0 saturated carbocycles. The Morgan fingerprint density at radius 3 is 2.52 bits per heavy atom. The molecule has 25 heavy (non-hydrogen) atoms. The molecule has 0 radical (unpaired) electrons. The van der Waals surface area contributed by atoms with Gasteiger partial charge in [0, 0.05) is 11.1 Å². The third-order valence-electron chi connectivity index (χ3n) is 3.71. The standard InChI is InChI=1S/C18H11F2N3OS/c1-9-6-13(12-7-10(19)2-4-14(12)21-9)17(24)23-18-22-15-5-3-11(20)8-16(15)25-18/h2-8H,1H3,(H,22,23,24). The Kier molecular flexibility index (Phi) is 3.65. The Bertz CT molecular complexity index is 1140. The number of nitrogens with one attached hydrogen (secondary N) is 1. The summed E-state index contributed by atoms with van der Waals surface area (Å²) in [6.07, 6.45) is 0. The maximum Gasteiger partial charge on any atom is 0.258 e. The number of hydrogen-bond donors (Lipinski definition) is 1. The lowest BCUT2D eigenvalue weighted by molar-refractivity contribution is 0.102. The number of thiazole rings is 1. The van der Waals surface area contributed by atoms with Gasteiger partial charge in [-0.05, 0) is 49.4 Å². The number of halogens is 2. The van der Waals surface area contributed by atoms with Crippen molar-refractivity contribution in [1.29, 1.82) is 0 Å². The van der Waals surface area contributed by atoms with Crippen LogP contribution in [0.4, 0.5) is 13.9 Å². The Hall–Kier alpha value is -2.93. The maximum absolute atomic E-state index is 13.6. The fourth-order valence-electron chi connectivity index (χ4n) is 2.63. The van der Waals surface area contributed by atoms with Gasteiger partial charge in [-0.1, -0.05) is 11.3 Å². The van der Waals surface area contributed by atoms with E-state index >= 15 is 0 Å². The summed E-state index contributed by atoms with van der Waals surface area (Å²) in [7, 11) is 0. The van der Waals surface area contributed by atoms with Crippen LogP contribution >= 0.6 is 11.3 Å². The first kappa shape index (κ1) is 15.6. The number of amides is 1. The molecule has 0 aliphatic heterocycles. The minimum absolute atomic E-state index is 0.312. The molecule has 0 spiro atoms. The molecule has 0 aliphatic rings. The van der Waals surface area contributed by atoms with Gasteiger partial charge in [0.1, 0.15) is 11.6 Å². The summed E-state index contributed by atoms with van der Waals surface area (Å²) < 4.78 is 27.5. The van der Waals surface area contributed by atoms with Crippen molar-refractivity contribution in [3.05, 3.63) is 65.4 Å². The number of pyridine rings is 1. The van der Waals surface area contributed by atoms with Gasteiger partial charge in [-0.3, -0.25) is 15.1 Å². The zero-order valence-corrected chi connectivity index (χ0v) is 13.8. The predicted octanol–water partition coefficient (Wildman–Crippen LogP) is 4.68. The van der Waals surface area contributed by atoms with Gasteiger partial charge in [0.15, 0.2) is 5.13 Å². The van der Waals surface area contributed by atoms with E-state index in [-0.39, 0.29) is 5.82 Å². The predicted molar refractivity (Wildman–Crippen MR) is 94.0 cm³/mol.